The second kappa shape index (κ2) is 6.83. The molecule has 0 aliphatic carbocycles. The van der Waals surface area contributed by atoms with E-state index in [0.29, 0.717) is 19.2 Å². The van der Waals surface area contributed by atoms with Crippen molar-refractivity contribution in [3.8, 4) is 0 Å². The molecule has 0 rings (SSSR count). The van der Waals surface area contributed by atoms with Gasteiger partial charge in [-0.25, -0.2) is 0 Å². The fraction of sp³-hybridized carbons (Fsp3) is 0.909. The van der Waals surface area contributed by atoms with Crippen molar-refractivity contribution in [2.75, 3.05) is 33.9 Å². The van der Waals surface area contributed by atoms with Gasteiger partial charge in [-0.2, -0.15) is 0 Å². The molecule has 16 heavy (non-hydrogen) atoms. The summed E-state index contributed by atoms with van der Waals surface area (Å²) in [7, 11) is 3.32. The molecule has 0 radical (unpaired) electrons. The summed E-state index contributed by atoms with van der Waals surface area (Å²) in [4.78, 5) is 13.3. The Bertz CT molecular complexity index is 221. The Hall–Kier alpha value is -0.650. The molecular weight excluding hydrogens is 208 g/mol. The zero-order valence-corrected chi connectivity index (χ0v) is 10.9. The number of nitrogens with one attached hydrogen (secondary N) is 1. The second-order valence-corrected chi connectivity index (χ2v) is 4.44. The van der Waals surface area contributed by atoms with Crippen LogP contribution in [0.3, 0.4) is 0 Å². The smallest absolute Gasteiger partial charge is 0.324 e. The lowest BCUT2D eigenvalue weighted by atomic mass is 10.0. The summed E-state index contributed by atoms with van der Waals surface area (Å²) < 4.78 is 5.02. The van der Waals surface area contributed by atoms with Gasteiger partial charge in [-0.05, 0) is 27.8 Å². The molecule has 5 heteroatoms. The highest BCUT2D eigenvalue weighted by Gasteiger charge is 2.33. The van der Waals surface area contributed by atoms with E-state index in [-0.39, 0.29) is 0 Å². The van der Waals surface area contributed by atoms with Crippen molar-refractivity contribution >= 4 is 5.97 Å². The molecule has 2 N–H and O–H groups in total. The molecule has 0 saturated carbocycles. The lowest BCUT2D eigenvalue weighted by Gasteiger charge is -2.34. The largest absolute Gasteiger partial charge is 0.480 e. The molecule has 96 valence electrons. The first-order valence-electron chi connectivity index (χ1n) is 5.52. The number of nitrogens with zero attached hydrogens (tertiary/aromatic N) is 1. The van der Waals surface area contributed by atoms with Crippen molar-refractivity contribution in [2.45, 2.75) is 32.4 Å². The maximum absolute atomic E-state index is 11.2. The van der Waals surface area contributed by atoms with E-state index in [9.17, 15) is 4.79 Å². The summed E-state index contributed by atoms with van der Waals surface area (Å²) in [5.41, 5.74) is -0.919. The predicted molar refractivity (Wildman–Crippen MR) is 63.7 cm³/mol. The second-order valence-electron chi connectivity index (χ2n) is 4.44. The Morgan fingerprint density at radius 2 is 2.12 bits per heavy atom. The van der Waals surface area contributed by atoms with Crippen LogP contribution in [0.4, 0.5) is 0 Å². The van der Waals surface area contributed by atoms with E-state index in [1.54, 1.807) is 21.1 Å². The molecule has 1 unspecified atom stereocenters. The number of methoxy groups -OCH3 is 1. The van der Waals surface area contributed by atoms with Gasteiger partial charge in [0.1, 0.15) is 5.54 Å². The summed E-state index contributed by atoms with van der Waals surface area (Å²) in [5.74, 6) is -0.835. The van der Waals surface area contributed by atoms with Crippen LogP contribution in [0.25, 0.3) is 0 Å². The Morgan fingerprint density at radius 1 is 1.56 bits per heavy atom. The highest BCUT2D eigenvalue weighted by atomic mass is 16.5. The summed E-state index contributed by atoms with van der Waals surface area (Å²) in [6.07, 6.45) is 0. The number of carbonyl (C=O) groups is 1. The molecule has 0 aliphatic heterocycles. The Kier molecular flexibility index (Phi) is 6.55. The maximum Gasteiger partial charge on any atom is 0.324 e. The first-order chi connectivity index (χ1) is 7.37. The minimum absolute atomic E-state index is 0.294. The van der Waals surface area contributed by atoms with Crippen LogP contribution in [0.1, 0.15) is 20.8 Å². The van der Waals surface area contributed by atoms with Gasteiger partial charge in [0.15, 0.2) is 0 Å². The van der Waals surface area contributed by atoms with Gasteiger partial charge in [-0.3, -0.25) is 9.69 Å². The molecule has 0 heterocycles. The number of rotatable bonds is 8. The van der Waals surface area contributed by atoms with Gasteiger partial charge >= 0.3 is 5.97 Å². The first kappa shape index (κ1) is 15.3. The number of carboxylic acid groups (broad SMARTS) is 1. The monoisotopic (exact) mass is 232 g/mol. The van der Waals surface area contributed by atoms with Crippen molar-refractivity contribution in [2.24, 2.45) is 0 Å². The molecule has 0 fully saturated rings. The molecule has 0 aromatic heterocycles. The van der Waals surface area contributed by atoms with E-state index in [2.05, 4.69) is 10.2 Å². The molecule has 1 atom stereocenters. The van der Waals surface area contributed by atoms with E-state index in [1.165, 1.54) is 0 Å². The van der Waals surface area contributed by atoms with Crippen LogP contribution < -0.4 is 5.32 Å². The fourth-order valence-corrected chi connectivity index (χ4v) is 1.39. The zero-order valence-electron chi connectivity index (χ0n) is 10.9. The minimum Gasteiger partial charge on any atom is -0.480 e. The normalized spacial score (nSPS) is 15.4. The lowest BCUT2D eigenvalue weighted by molar-refractivity contribution is -0.145. The number of likely N-dealkylation sites (N-methyl/N-ethyl adjacent to an activating group) is 1. The third kappa shape index (κ3) is 4.47. The molecule has 0 aliphatic rings. The highest BCUT2D eigenvalue weighted by Crippen LogP contribution is 2.09. The minimum atomic E-state index is -0.919. The van der Waals surface area contributed by atoms with Gasteiger partial charge < -0.3 is 15.2 Å². The quantitative estimate of drug-likeness (QED) is 0.634. The van der Waals surface area contributed by atoms with Crippen molar-refractivity contribution in [3.63, 3.8) is 0 Å². The molecule has 0 spiro atoms. The van der Waals surface area contributed by atoms with E-state index in [4.69, 9.17) is 9.84 Å². The number of hydrogen-bond acceptors (Lipinski definition) is 4. The van der Waals surface area contributed by atoms with Crippen molar-refractivity contribution < 1.29 is 14.6 Å². The molecule has 0 bridgehead atoms. The van der Waals surface area contributed by atoms with Crippen LogP contribution in [-0.2, 0) is 9.53 Å². The highest BCUT2D eigenvalue weighted by molar-refractivity contribution is 5.78. The van der Waals surface area contributed by atoms with Crippen molar-refractivity contribution in [1.29, 1.82) is 0 Å². The number of hydrogen-bond donors (Lipinski definition) is 2. The van der Waals surface area contributed by atoms with Crippen LogP contribution in [0, 0.1) is 0 Å². The topological polar surface area (TPSA) is 61.8 Å². The van der Waals surface area contributed by atoms with Gasteiger partial charge in [-0.1, -0.05) is 0 Å². The van der Waals surface area contributed by atoms with Gasteiger partial charge in [0.25, 0.3) is 0 Å². The third-order valence-electron chi connectivity index (χ3n) is 2.86. The predicted octanol–water partition coefficient (Wildman–Crippen LogP) is 0.406. The van der Waals surface area contributed by atoms with Crippen LogP contribution >= 0.6 is 0 Å². The van der Waals surface area contributed by atoms with Crippen molar-refractivity contribution in [3.05, 3.63) is 0 Å². The van der Waals surface area contributed by atoms with Gasteiger partial charge in [0.2, 0.25) is 0 Å². The molecular formula is C11H24N2O3. The average Bonchev–Trinajstić information content (AvgIpc) is 2.23. The Balaban J connectivity index is 4.52. The summed E-state index contributed by atoms with van der Waals surface area (Å²) >= 11 is 0. The number of aliphatic carboxylic acids is 1. The summed E-state index contributed by atoms with van der Waals surface area (Å²) in [6.45, 7) is 7.59. The molecule has 0 saturated heterocycles. The SMILES string of the molecule is CNC(C)(CN(CCOC)C(C)C)C(=O)O. The molecule has 0 aromatic carbocycles. The van der Waals surface area contributed by atoms with E-state index in [1.807, 2.05) is 13.8 Å². The van der Waals surface area contributed by atoms with E-state index >= 15 is 0 Å². The summed E-state index contributed by atoms with van der Waals surface area (Å²) in [5, 5.41) is 12.0. The van der Waals surface area contributed by atoms with Crippen LogP contribution in [0.2, 0.25) is 0 Å². The molecule has 0 aromatic rings. The Labute approximate surface area is 97.8 Å². The van der Waals surface area contributed by atoms with Crippen LogP contribution in [-0.4, -0.2) is 61.4 Å². The standard InChI is InChI=1S/C11H24N2O3/c1-9(2)13(6-7-16-5)8-11(3,12-4)10(14)15/h9,12H,6-8H2,1-5H3,(H,14,15). The van der Waals surface area contributed by atoms with Gasteiger partial charge in [0, 0.05) is 26.2 Å². The Morgan fingerprint density at radius 3 is 2.44 bits per heavy atom. The average molecular weight is 232 g/mol. The fourth-order valence-electron chi connectivity index (χ4n) is 1.39. The van der Waals surface area contributed by atoms with Gasteiger partial charge in [-0.15, -0.1) is 0 Å². The lowest BCUT2D eigenvalue weighted by Crippen LogP contribution is -2.57. The van der Waals surface area contributed by atoms with Crippen LogP contribution in [0.15, 0.2) is 0 Å². The molecule has 5 nitrogen and oxygen atoms in total. The van der Waals surface area contributed by atoms with Gasteiger partial charge in [0.05, 0.1) is 6.61 Å². The van der Waals surface area contributed by atoms with Crippen LogP contribution in [0.5, 0.6) is 0 Å². The van der Waals surface area contributed by atoms with E-state index < -0.39 is 11.5 Å². The van der Waals surface area contributed by atoms with Crippen molar-refractivity contribution in [1.82, 2.24) is 10.2 Å². The van der Waals surface area contributed by atoms with E-state index in [0.717, 1.165) is 6.54 Å². The molecule has 0 amide bonds. The summed E-state index contributed by atoms with van der Waals surface area (Å²) in [6, 6.07) is 0.294. The third-order valence-corrected chi connectivity index (χ3v) is 2.86. The number of carboxylic acids is 1. The number of ether oxygens (including phenoxy) is 1. The first-order valence-corrected chi connectivity index (χ1v) is 5.52. The zero-order chi connectivity index (χ0) is 12.8. The maximum atomic E-state index is 11.2.